The number of nitrogens with two attached hydrogens (primary N) is 1. The third-order valence-corrected chi connectivity index (χ3v) is 2.15. The highest BCUT2D eigenvalue weighted by Crippen LogP contribution is 2.16. The molecular formula is C9H17N5O. The van der Waals surface area contributed by atoms with E-state index >= 15 is 0 Å². The maximum atomic E-state index is 8.88. The van der Waals surface area contributed by atoms with Crippen molar-refractivity contribution < 1.29 is 5.11 Å². The third-order valence-electron chi connectivity index (χ3n) is 2.15. The van der Waals surface area contributed by atoms with Gasteiger partial charge in [-0.1, -0.05) is 6.92 Å². The fraction of sp³-hybridized carbons (Fsp3) is 0.556. The van der Waals surface area contributed by atoms with E-state index in [0.29, 0.717) is 12.4 Å². The summed E-state index contributed by atoms with van der Waals surface area (Å²) in [5.74, 6) is 6.82. The second-order valence-electron chi connectivity index (χ2n) is 3.51. The fourth-order valence-corrected chi connectivity index (χ4v) is 1.11. The van der Waals surface area contributed by atoms with Gasteiger partial charge in [0.15, 0.2) is 0 Å². The zero-order valence-corrected chi connectivity index (χ0v) is 8.99. The third kappa shape index (κ3) is 3.03. The Kier molecular flexibility index (Phi) is 4.26. The molecule has 1 heterocycles. The molecule has 84 valence electrons. The molecule has 1 unspecified atom stereocenters. The molecular weight excluding hydrogens is 194 g/mol. The average Bonchev–Trinajstić information content (AvgIpc) is 2.27. The van der Waals surface area contributed by atoms with Crippen molar-refractivity contribution in [3.63, 3.8) is 0 Å². The SMILES string of the molecule is Cc1c(NN)ncnc1NCC(C)CO. The maximum absolute atomic E-state index is 8.88. The van der Waals surface area contributed by atoms with Crippen molar-refractivity contribution >= 4 is 11.6 Å². The number of anilines is 2. The molecule has 0 fully saturated rings. The number of nitrogen functional groups attached to an aromatic ring is 1. The number of aromatic nitrogens is 2. The van der Waals surface area contributed by atoms with Crippen molar-refractivity contribution in [2.75, 3.05) is 23.9 Å². The van der Waals surface area contributed by atoms with E-state index in [1.807, 2.05) is 13.8 Å². The van der Waals surface area contributed by atoms with Crippen LogP contribution in [0.25, 0.3) is 0 Å². The van der Waals surface area contributed by atoms with Crippen LogP contribution in [0, 0.1) is 12.8 Å². The van der Waals surface area contributed by atoms with Crippen molar-refractivity contribution in [3.8, 4) is 0 Å². The molecule has 0 amide bonds. The average molecular weight is 211 g/mol. The molecule has 0 saturated carbocycles. The number of aliphatic hydroxyl groups is 1. The van der Waals surface area contributed by atoms with Crippen LogP contribution >= 0.6 is 0 Å². The highest BCUT2D eigenvalue weighted by Gasteiger charge is 2.06. The summed E-state index contributed by atoms with van der Waals surface area (Å²) >= 11 is 0. The minimum absolute atomic E-state index is 0.152. The topological polar surface area (TPSA) is 96.1 Å². The first-order valence-corrected chi connectivity index (χ1v) is 4.82. The summed E-state index contributed by atoms with van der Waals surface area (Å²) in [6.07, 6.45) is 1.44. The van der Waals surface area contributed by atoms with Gasteiger partial charge in [0.2, 0.25) is 0 Å². The highest BCUT2D eigenvalue weighted by molar-refractivity contribution is 5.55. The van der Waals surface area contributed by atoms with Crippen LogP contribution in [0.2, 0.25) is 0 Å². The second-order valence-corrected chi connectivity index (χ2v) is 3.51. The Hall–Kier alpha value is -1.40. The van der Waals surface area contributed by atoms with Crippen LogP contribution in [0.3, 0.4) is 0 Å². The lowest BCUT2D eigenvalue weighted by Crippen LogP contribution is -2.17. The first-order valence-electron chi connectivity index (χ1n) is 4.82. The number of nitrogens with zero attached hydrogens (tertiary/aromatic N) is 2. The minimum atomic E-state index is 0.152. The summed E-state index contributed by atoms with van der Waals surface area (Å²) in [6.45, 7) is 4.64. The molecule has 1 aromatic rings. The first-order chi connectivity index (χ1) is 7.19. The van der Waals surface area contributed by atoms with Gasteiger partial charge in [0.05, 0.1) is 0 Å². The van der Waals surface area contributed by atoms with Crippen LogP contribution in [0.4, 0.5) is 11.6 Å². The van der Waals surface area contributed by atoms with Crippen molar-refractivity contribution in [2.45, 2.75) is 13.8 Å². The molecule has 6 heteroatoms. The molecule has 0 aliphatic rings. The van der Waals surface area contributed by atoms with E-state index in [1.165, 1.54) is 6.33 Å². The monoisotopic (exact) mass is 211 g/mol. The zero-order chi connectivity index (χ0) is 11.3. The Morgan fingerprint density at radius 2 is 2.13 bits per heavy atom. The van der Waals surface area contributed by atoms with E-state index < -0.39 is 0 Å². The predicted octanol–water partition coefficient (Wildman–Crippen LogP) is 0.111. The maximum Gasteiger partial charge on any atom is 0.148 e. The van der Waals surface area contributed by atoms with Gasteiger partial charge in [0.1, 0.15) is 18.0 Å². The number of aliphatic hydroxyl groups excluding tert-OH is 1. The summed E-state index contributed by atoms with van der Waals surface area (Å²) in [5, 5.41) is 12.0. The predicted molar refractivity (Wildman–Crippen MR) is 59.3 cm³/mol. The molecule has 15 heavy (non-hydrogen) atoms. The molecule has 0 aliphatic heterocycles. The van der Waals surface area contributed by atoms with Gasteiger partial charge in [-0.3, -0.25) is 0 Å². The van der Waals surface area contributed by atoms with Crippen molar-refractivity contribution in [1.82, 2.24) is 9.97 Å². The molecule has 0 aromatic carbocycles. The van der Waals surface area contributed by atoms with Gasteiger partial charge in [0, 0.05) is 18.7 Å². The van der Waals surface area contributed by atoms with E-state index in [-0.39, 0.29) is 12.5 Å². The molecule has 0 saturated heterocycles. The fourth-order valence-electron chi connectivity index (χ4n) is 1.11. The normalized spacial score (nSPS) is 12.3. The molecule has 0 spiro atoms. The lowest BCUT2D eigenvalue weighted by molar-refractivity contribution is 0.244. The molecule has 5 N–H and O–H groups in total. The van der Waals surface area contributed by atoms with Crippen LogP contribution in [-0.4, -0.2) is 28.2 Å². The molecule has 6 nitrogen and oxygen atoms in total. The number of hydrogen-bond donors (Lipinski definition) is 4. The minimum Gasteiger partial charge on any atom is -0.396 e. The van der Waals surface area contributed by atoms with E-state index in [4.69, 9.17) is 10.9 Å². The van der Waals surface area contributed by atoms with Crippen molar-refractivity contribution in [1.29, 1.82) is 0 Å². The van der Waals surface area contributed by atoms with Gasteiger partial charge in [0.25, 0.3) is 0 Å². The molecule has 1 atom stereocenters. The lowest BCUT2D eigenvalue weighted by atomic mass is 10.2. The summed E-state index contributed by atoms with van der Waals surface area (Å²) in [5.41, 5.74) is 3.36. The highest BCUT2D eigenvalue weighted by atomic mass is 16.3. The Morgan fingerprint density at radius 1 is 1.47 bits per heavy atom. The van der Waals surface area contributed by atoms with Crippen LogP contribution in [-0.2, 0) is 0 Å². The molecule has 1 aromatic heterocycles. The van der Waals surface area contributed by atoms with Gasteiger partial charge in [-0.25, -0.2) is 15.8 Å². The van der Waals surface area contributed by atoms with Gasteiger partial charge < -0.3 is 15.8 Å². The van der Waals surface area contributed by atoms with E-state index in [0.717, 1.165) is 11.4 Å². The quantitative estimate of drug-likeness (QED) is 0.408. The summed E-state index contributed by atoms with van der Waals surface area (Å²) in [6, 6.07) is 0. The van der Waals surface area contributed by atoms with Gasteiger partial charge in [-0.15, -0.1) is 0 Å². The smallest absolute Gasteiger partial charge is 0.148 e. The summed E-state index contributed by atoms with van der Waals surface area (Å²) in [7, 11) is 0. The second kappa shape index (κ2) is 5.47. The van der Waals surface area contributed by atoms with Crippen LogP contribution < -0.4 is 16.6 Å². The number of hydrogen-bond acceptors (Lipinski definition) is 6. The summed E-state index contributed by atoms with van der Waals surface area (Å²) < 4.78 is 0. The van der Waals surface area contributed by atoms with E-state index in [2.05, 4.69) is 20.7 Å². The van der Waals surface area contributed by atoms with Crippen molar-refractivity contribution in [2.24, 2.45) is 11.8 Å². The molecule has 0 bridgehead atoms. The van der Waals surface area contributed by atoms with Gasteiger partial charge in [-0.2, -0.15) is 0 Å². The first kappa shape index (κ1) is 11.7. The number of hydrazine groups is 1. The number of rotatable bonds is 5. The Morgan fingerprint density at radius 3 is 2.73 bits per heavy atom. The van der Waals surface area contributed by atoms with Gasteiger partial charge in [-0.05, 0) is 12.8 Å². The number of nitrogens with one attached hydrogen (secondary N) is 2. The lowest BCUT2D eigenvalue weighted by Gasteiger charge is -2.13. The van der Waals surface area contributed by atoms with Crippen LogP contribution in [0.15, 0.2) is 6.33 Å². The Labute approximate surface area is 88.9 Å². The molecule has 0 aliphatic carbocycles. The molecule has 0 radical (unpaired) electrons. The van der Waals surface area contributed by atoms with E-state index in [9.17, 15) is 0 Å². The summed E-state index contributed by atoms with van der Waals surface area (Å²) in [4.78, 5) is 8.06. The van der Waals surface area contributed by atoms with Crippen LogP contribution in [0.1, 0.15) is 12.5 Å². The standard InChI is InChI=1S/C9H17N5O/c1-6(4-15)3-11-8-7(2)9(14-10)13-5-12-8/h5-6,15H,3-4,10H2,1-2H3,(H2,11,12,13,14). The molecule has 1 rings (SSSR count). The Balaban J connectivity index is 2.68. The van der Waals surface area contributed by atoms with Crippen molar-refractivity contribution in [3.05, 3.63) is 11.9 Å². The Bertz CT molecular complexity index is 317. The van der Waals surface area contributed by atoms with Gasteiger partial charge >= 0.3 is 0 Å². The van der Waals surface area contributed by atoms with Crippen LogP contribution in [0.5, 0.6) is 0 Å². The zero-order valence-electron chi connectivity index (χ0n) is 8.99. The van der Waals surface area contributed by atoms with E-state index in [1.54, 1.807) is 0 Å². The largest absolute Gasteiger partial charge is 0.396 e.